The molecule has 150 valence electrons. The summed E-state index contributed by atoms with van der Waals surface area (Å²) < 4.78 is 5.16. The highest BCUT2D eigenvalue weighted by atomic mass is 35.5. The van der Waals surface area contributed by atoms with Gasteiger partial charge in [-0.1, -0.05) is 31.4 Å². The van der Waals surface area contributed by atoms with E-state index in [0.29, 0.717) is 27.8 Å². The van der Waals surface area contributed by atoms with Crippen molar-refractivity contribution < 1.29 is 23.9 Å². The number of nitrogens with zero attached hydrogens (tertiary/aromatic N) is 2. The van der Waals surface area contributed by atoms with Crippen LogP contribution in [0.15, 0.2) is 18.2 Å². The van der Waals surface area contributed by atoms with Gasteiger partial charge in [0.05, 0.1) is 12.8 Å². The van der Waals surface area contributed by atoms with Crippen LogP contribution in [-0.2, 0) is 14.4 Å². The van der Waals surface area contributed by atoms with E-state index in [1.54, 1.807) is 12.1 Å². The number of hydrogen-bond acceptors (Lipinski definition) is 5. The maximum absolute atomic E-state index is 12.7. The number of carbonyl (C=O) groups excluding carboxylic acids is 4. The van der Waals surface area contributed by atoms with Crippen LogP contribution >= 0.6 is 11.6 Å². The summed E-state index contributed by atoms with van der Waals surface area (Å²) in [6.07, 6.45) is 3.50. The first-order valence-corrected chi connectivity index (χ1v) is 9.53. The van der Waals surface area contributed by atoms with E-state index in [4.69, 9.17) is 16.3 Å². The maximum atomic E-state index is 12.7. The largest absolute Gasteiger partial charge is 0.495 e. The molecular formula is C19H22ClN3O5. The molecule has 0 radical (unpaired) electrons. The third kappa shape index (κ3) is 3.82. The number of imide groups is 2. The van der Waals surface area contributed by atoms with Gasteiger partial charge in [0.1, 0.15) is 12.3 Å². The Hall–Kier alpha value is -2.61. The van der Waals surface area contributed by atoms with Gasteiger partial charge in [-0.3, -0.25) is 19.3 Å². The molecule has 1 saturated carbocycles. The molecule has 2 aliphatic rings. The summed E-state index contributed by atoms with van der Waals surface area (Å²) in [5.74, 6) is -1.97. The third-order valence-corrected chi connectivity index (χ3v) is 5.45. The minimum Gasteiger partial charge on any atom is -0.495 e. The fourth-order valence-corrected chi connectivity index (χ4v) is 3.92. The van der Waals surface area contributed by atoms with E-state index >= 15 is 0 Å². The molecule has 0 bridgehead atoms. The summed E-state index contributed by atoms with van der Waals surface area (Å²) >= 11 is 5.93. The standard InChI is InChI=1S/C19H22ClN3O5/c1-11-5-3-4-6-14(11)23-18(26)17(25)22(19(23)27)10-16(24)21-13-9-12(20)7-8-15(13)28-2/h7-9,11,14H,3-6,10H2,1-2H3,(H,21,24)/t11-,14+/m1/s1. The number of carbonyl (C=O) groups is 4. The number of amides is 5. The molecule has 1 aliphatic heterocycles. The minimum atomic E-state index is -0.976. The van der Waals surface area contributed by atoms with Gasteiger partial charge in [0.25, 0.3) is 0 Å². The Morgan fingerprint density at radius 2 is 1.93 bits per heavy atom. The average Bonchev–Trinajstić information content (AvgIpc) is 2.86. The van der Waals surface area contributed by atoms with Crippen LogP contribution in [0, 0.1) is 5.92 Å². The molecule has 28 heavy (non-hydrogen) atoms. The Morgan fingerprint density at radius 3 is 2.61 bits per heavy atom. The van der Waals surface area contributed by atoms with Crippen molar-refractivity contribution in [2.45, 2.75) is 38.6 Å². The number of hydrogen-bond donors (Lipinski definition) is 1. The van der Waals surface area contributed by atoms with Crippen LogP contribution in [0.4, 0.5) is 10.5 Å². The van der Waals surface area contributed by atoms with Gasteiger partial charge in [-0.05, 0) is 37.0 Å². The fraction of sp³-hybridized carbons (Fsp3) is 0.474. The highest BCUT2D eigenvalue weighted by Gasteiger charge is 2.49. The first kappa shape index (κ1) is 20.1. The summed E-state index contributed by atoms with van der Waals surface area (Å²) in [5, 5.41) is 2.95. The predicted molar refractivity (Wildman–Crippen MR) is 102 cm³/mol. The molecule has 2 atom stereocenters. The lowest BCUT2D eigenvalue weighted by Crippen LogP contribution is -2.46. The predicted octanol–water partition coefficient (Wildman–Crippen LogP) is 2.66. The average molecular weight is 408 g/mol. The first-order valence-electron chi connectivity index (χ1n) is 9.16. The first-order chi connectivity index (χ1) is 13.3. The van der Waals surface area contributed by atoms with E-state index in [9.17, 15) is 19.2 Å². The SMILES string of the molecule is COc1ccc(Cl)cc1NC(=O)CN1C(=O)C(=O)N([C@H]2CCCC[C@H]2C)C1=O. The van der Waals surface area contributed by atoms with Crippen molar-refractivity contribution in [3.8, 4) is 5.75 Å². The third-order valence-electron chi connectivity index (χ3n) is 5.22. The van der Waals surface area contributed by atoms with Gasteiger partial charge in [-0.25, -0.2) is 9.69 Å². The molecule has 8 nitrogen and oxygen atoms in total. The molecule has 1 heterocycles. The lowest BCUT2D eigenvalue weighted by molar-refractivity contribution is -0.145. The van der Waals surface area contributed by atoms with Gasteiger partial charge in [0.15, 0.2) is 0 Å². The lowest BCUT2D eigenvalue weighted by atomic mass is 9.85. The van der Waals surface area contributed by atoms with Gasteiger partial charge in [0.2, 0.25) is 5.91 Å². The number of ether oxygens (including phenoxy) is 1. The molecule has 2 fully saturated rings. The molecule has 1 N–H and O–H groups in total. The molecule has 0 spiro atoms. The zero-order chi connectivity index (χ0) is 20.4. The molecule has 1 aromatic carbocycles. The van der Waals surface area contributed by atoms with Crippen LogP contribution in [-0.4, -0.2) is 53.2 Å². The number of anilines is 1. The van der Waals surface area contributed by atoms with Gasteiger partial charge >= 0.3 is 17.8 Å². The molecule has 9 heteroatoms. The van der Waals surface area contributed by atoms with Crippen molar-refractivity contribution in [1.29, 1.82) is 0 Å². The van der Waals surface area contributed by atoms with E-state index in [2.05, 4.69) is 5.32 Å². The smallest absolute Gasteiger partial charge is 0.334 e. The van der Waals surface area contributed by atoms with Crippen molar-refractivity contribution >= 4 is 41.0 Å². The Bertz CT molecular complexity index is 828. The number of nitrogens with one attached hydrogen (secondary N) is 1. The van der Waals surface area contributed by atoms with E-state index in [0.717, 1.165) is 24.2 Å². The van der Waals surface area contributed by atoms with E-state index in [-0.39, 0.29) is 12.0 Å². The van der Waals surface area contributed by atoms with Crippen LogP contribution in [0.2, 0.25) is 5.02 Å². The number of urea groups is 1. The second-order valence-electron chi connectivity index (χ2n) is 7.07. The second-order valence-corrected chi connectivity index (χ2v) is 7.51. The monoisotopic (exact) mass is 407 g/mol. The highest BCUT2D eigenvalue weighted by Crippen LogP contribution is 2.31. The van der Waals surface area contributed by atoms with Gasteiger partial charge in [-0.2, -0.15) is 0 Å². The molecule has 5 amide bonds. The summed E-state index contributed by atoms with van der Waals surface area (Å²) in [6.45, 7) is 1.41. The maximum Gasteiger partial charge on any atom is 0.334 e. The van der Waals surface area contributed by atoms with Crippen molar-refractivity contribution in [3.05, 3.63) is 23.2 Å². The Morgan fingerprint density at radius 1 is 1.21 bits per heavy atom. The minimum absolute atomic E-state index is 0.124. The van der Waals surface area contributed by atoms with E-state index in [1.807, 2.05) is 6.92 Å². The van der Waals surface area contributed by atoms with E-state index < -0.39 is 30.3 Å². The van der Waals surface area contributed by atoms with Crippen LogP contribution < -0.4 is 10.1 Å². The van der Waals surface area contributed by atoms with Crippen molar-refractivity contribution in [3.63, 3.8) is 0 Å². The van der Waals surface area contributed by atoms with Crippen molar-refractivity contribution in [1.82, 2.24) is 9.80 Å². The van der Waals surface area contributed by atoms with Crippen LogP contribution in [0.25, 0.3) is 0 Å². The molecule has 3 rings (SSSR count). The summed E-state index contributed by atoms with van der Waals surface area (Å²) in [6, 6.07) is 3.64. The fourth-order valence-electron chi connectivity index (χ4n) is 3.75. The Labute approximate surface area is 167 Å². The van der Waals surface area contributed by atoms with Gasteiger partial charge in [0, 0.05) is 11.1 Å². The Balaban J connectivity index is 1.72. The lowest BCUT2D eigenvalue weighted by Gasteiger charge is -2.34. The van der Waals surface area contributed by atoms with Gasteiger partial charge < -0.3 is 10.1 Å². The van der Waals surface area contributed by atoms with Gasteiger partial charge in [-0.15, -0.1) is 0 Å². The number of rotatable bonds is 5. The summed E-state index contributed by atoms with van der Waals surface area (Å²) in [4.78, 5) is 51.6. The zero-order valence-electron chi connectivity index (χ0n) is 15.7. The van der Waals surface area contributed by atoms with Crippen molar-refractivity contribution in [2.24, 2.45) is 5.92 Å². The number of methoxy groups -OCH3 is 1. The molecule has 0 aromatic heterocycles. The highest BCUT2D eigenvalue weighted by molar-refractivity contribution is 6.45. The number of benzene rings is 1. The van der Waals surface area contributed by atoms with E-state index in [1.165, 1.54) is 13.2 Å². The van der Waals surface area contributed by atoms with Crippen LogP contribution in [0.5, 0.6) is 5.75 Å². The van der Waals surface area contributed by atoms with Crippen LogP contribution in [0.1, 0.15) is 32.6 Å². The molecular weight excluding hydrogens is 386 g/mol. The molecule has 1 saturated heterocycles. The topological polar surface area (TPSA) is 96.0 Å². The molecule has 1 aromatic rings. The molecule has 1 aliphatic carbocycles. The summed E-state index contributed by atoms with van der Waals surface area (Å²) in [7, 11) is 1.44. The van der Waals surface area contributed by atoms with Crippen LogP contribution in [0.3, 0.4) is 0 Å². The summed E-state index contributed by atoms with van der Waals surface area (Å²) in [5.41, 5.74) is 0.309. The second kappa shape index (κ2) is 8.18. The normalized spacial score (nSPS) is 22.6. The Kier molecular flexibility index (Phi) is 5.88. The van der Waals surface area contributed by atoms with Crippen molar-refractivity contribution in [2.75, 3.05) is 19.0 Å². The molecule has 0 unspecified atom stereocenters. The quantitative estimate of drug-likeness (QED) is 0.598. The zero-order valence-corrected chi connectivity index (χ0v) is 16.5. The number of halogens is 1.